The highest BCUT2D eigenvalue weighted by atomic mass is 16.5. The van der Waals surface area contributed by atoms with E-state index in [-0.39, 0.29) is 71.4 Å². The summed E-state index contributed by atoms with van der Waals surface area (Å²) in [6, 6.07) is 30.6. The zero-order valence-corrected chi connectivity index (χ0v) is 70.0. The molecule has 27 nitrogen and oxygen atoms in total. The van der Waals surface area contributed by atoms with Crippen molar-refractivity contribution in [3.63, 3.8) is 0 Å². The van der Waals surface area contributed by atoms with Crippen LogP contribution in [0.2, 0.25) is 0 Å². The number of aliphatic hydroxyl groups excluding tert-OH is 2. The number of hydrogen-bond acceptors (Lipinski definition) is 27. The quantitative estimate of drug-likeness (QED) is 0.0144. The van der Waals surface area contributed by atoms with Gasteiger partial charge in [0.2, 0.25) is 0 Å². The number of carbonyl (C=O) groups is 6. The summed E-state index contributed by atoms with van der Waals surface area (Å²) in [4.78, 5) is 66.3. The molecule has 0 aliphatic heterocycles. The lowest BCUT2D eigenvalue weighted by Crippen LogP contribution is -2.15. The first-order valence-corrected chi connectivity index (χ1v) is 36.8. The molecule has 8 aromatic carbocycles. The number of aldehydes is 1. The van der Waals surface area contributed by atoms with Crippen LogP contribution in [0, 0.1) is 20.8 Å². The van der Waals surface area contributed by atoms with Gasteiger partial charge in [0, 0.05) is 75.0 Å². The van der Waals surface area contributed by atoms with Crippen LogP contribution in [0.4, 0.5) is 0 Å². The predicted molar refractivity (Wildman–Crippen MR) is 455 cm³/mol. The SMILES string of the molecule is C=CCOc1cc(OC)ccc1C(C)=O.C=CCc1c(OC)ccc(C(C)=O)c1O.C=CCc1c(OC)ccc(C(C)=O)c1O.C=CCc1c(OC)ccc2c(C)noc12.C=CCc1cc(C(C)=O)c(O)cc1OC.COc1ccc(C(C)=O)c(O)c1.COc1ccc2c(C)noc2c1CC(O)CO.COc1ccc2c(C)noc2c1CC=O. The molecule has 0 saturated carbocycles. The van der Waals surface area contributed by atoms with E-state index in [2.05, 4.69) is 48.4 Å². The van der Waals surface area contributed by atoms with Gasteiger partial charge in [0.25, 0.3) is 0 Å². The number of benzene rings is 8. The summed E-state index contributed by atoms with van der Waals surface area (Å²) < 4.78 is 62.0. The Kier molecular flexibility index (Phi) is 40.3. The van der Waals surface area contributed by atoms with E-state index in [9.17, 15) is 54.3 Å². The maximum Gasteiger partial charge on any atom is 0.174 e. The Hall–Kier alpha value is -13.8. The molecule has 0 bridgehead atoms. The molecule has 1 atom stereocenters. The summed E-state index contributed by atoms with van der Waals surface area (Å²) in [6.07, 6.45) is 11.3. The van der Waals surface area contributed by atoms with Gasteiger partial charge in [-0.05, 0) is 178 Å². The van der Waals surface area contributed by atoms with Crippen molar-refractivity contribution in [2.45, 2.75) is 100 Å². The van der Waals surface area contributed by atoms with E-state index < -0.39 is 6.10 Å². The number of aryl methyl sites for hydroxylation is 3. The van der Waals surface area contributed by atoms with Crippen molar-refractivity contribution in [3.05, 3.63) is 251 Å². The topological polar surface area (TPSA) is 385 Å². The second-order valence-electron chi connectivity index (χ2n) is 25.6. The number of nitrogens with zero attached hydrogens (tertiary/aromatic N) is 3. The molecule has 0 aliphatic carbocycles. The Labute approximate surface area is 691 Å². The number of phenolic OH excluding ortho intramolecular Hbond substituents is 4. The lowest BCUT2D eigenvalue weighted by Gasteiger charge is -2.11. The molecule has 3 aromatic heterocycles. The van der Waals surface area contributed by atoms with Crippen LogP contribution < -0.4 is 42.6 Å². The molecular weight excluding hydrogens is 1530 g/mol. The molecule has 0 saturated heterocycles. The van der Waals surface area contributed by atoms with E-state index in [1.165, 1.54) is 81.3 Å². The number of rotatable bonds is 29. The molecule has 6 N–H and O–H groups in total. The summed E-state index contributed by atoms with van der Waals surface area (Å²) in [5.41, 5.74) is 10.9. The zero-order chi connectivity index (χ0) is 88.8. The number of phenols is 4. The number of Topliss-reactive ketones (excluding diaryl/α,β-unsaturated/α-hetero) is 5. The summed E-state index contributed by atoms with van der Waals surface area (Å²) in [5, 5.41) is 71.5. The minimum absolute atomic E-state index is 0.0123. The molecule has 27 heteroatoms. The zero-order valence-electron chi connectivity index (χ0n) is 70.0. The third-order valence-corrected chi connectivity index (χ3v) is 17.6. The van der Waals surface area contributed by atoms with Crippen molar-refractivity contribution in [2.75, 3.05) is 70.1 Å². The van der Waals surface area contributed by atoms with E-state index in [4.69, 9.17) is 61.3 Å². The van der Waals surface area contributed by atoms with Crippen LogP contribution in [0.3, 0.4) is 0 Å². The van der Waals surface area contributed by atoms with Crippen molar-refractivity contribution >= 4 is 68.1 Å². The second-order valence-corrected chi connectivity index (χ2v) is 25.6. The van der Waals surface area contributed by atoms with Crippen molar-refractivity contribution in [2.24, 2.45) is 0 Å². The Morgan fingerprint density at radius 1 is 0.387 bits per heavy atom. The molecular formula is C92H105N3O24. The van der Waals surface area contributed by atoms with Gasteiger partial charge in [-0.3, -0.25) is 24.0 Å². The highest BCUT2D eigenvalue weighted by molar-refractivity contribution is 6.00. The van der Waals surface area contributed by atoms with Crippen molar-refractivity contribution in [1.29, 1.82) is 0 Å². The number of allylic oxidation sites excluding steroid dienone is 4. The van der Waals surface area contributed by atoms with E-state index in [1.807, 2.05) is 63.2 Å². The van der Waals surface area contributed by atoms with Gasteiger partial charge in [-0.15, -0.1) is 26.3 Å². The predicted octanol–water partition coefficient (Wildman–Crippen LogP) is 16.9. The first-order valence-electron chi connectivity index (χ1n) is 36.8. The van der Waals surface area contributed by atoms with Gasteiger partial charge in [-0.1, -0.05) is 52.4 Å². The van der Waals surface area contributed by atoms with Gasteiger partial charge in [0.1, 0.15) is 87.6 Å². The van der Waals surface area contributed by atoms with Crippen molar-refractivity contribution in [1.82, 2.24) is 15.5 Å². The summed E-state index contributed by atoms with van der Waals surface area (Å²) in [5.74, 6) is 4.74. The molecule has 11 rings (SSSR count). The van der Waals surface area contributed by atoms with Gasteiger partial charge in [-0.2, -0.15) is 0 Å². The van der Waals surface area contributed by atoms with Crippen LogP contribution in [0.1, 0.15) is 137 Å². The van der Waals surface area contributed by atoms with Crippen LogP contribution in [-0.2, 0) is 43.3 Å². The smallest absolute Gasteiger partial charge is 0.174 e. The minimum Gasteiger partial charge on any atom is -0.507 e. The van der Waals surface area contributed by atoms with Gasteiger partial charge in [0.15, 0.2) is 45.7 Å². The number of ether oxygens (including phenoxy) is 9. The number of aliphatic hydroxyl groups is 2. The fourth-order valence-corrected chi connectivity index (χ4v) is 11.6. The van der Waals surface area contributed by atoms with Gasteiger partial charge in [-0.25, -0.2) is 0 Å². The van der Waals surface area contributed by atoms with Gasteiger partial charge < -0.3 is 91.6 Å². The second kappa shape index (κ2) is 49.2. The number of fused-ring (bicyclic) bond motifs is 3. The number of carbonyl (C=O) groups excluding carboxylic acids is 6. The number of ketones is 5. The van der Waals surface area contributed by atoms with Gasteiger partial charge >= 0.3 is 0 Å². The Balaban J connectivity index is 0.000000286. The highest BCUT2D eigenvalue weighted by Gasteiger charge is 2.21. The normalized spacial score (nSPS) is 10.3. The molecule has 1 unspecified atom stereocenters. The van der Waals surface area contributed by atoms with Crippen LogP contribution >= 0.6 is 0 Å². The molecule has 119 heavy (non-hydrogen) atoms. The average molecular weight is 1640 g/mol. The molecule has 0 amide bonds. The monoisotopic (exact) mass is 1640 g/mol. The Morgan fingerprint density at radius 3 is 1.09 bits per heavy atom. The number of aromatic hydroxyl groups is 4. The van der Waals surface area contributed by atoms with Crippen molar-refractivity contribution in [3.8, 4) is 74.7 Å². The fourth-order valence-electron chi connectivity index (χ4n) is 11.6. The maximum atomic E-state index is 11.3. The van der Waals surface area contributed by atoms with Crippen LogP contribution in [-0.4, -0.2) is 158 Å². The maximum absolute atomic E-state index is 11.3. The summed E-state index contributed by atoms with van der Waals surface area (Å²) in [6.45, 7) is 31.0. The summed E-state index contributed by atoms with van der Waals surface area (Å²) in [7, 11) is 12.4. The van der Waals surface area contributed by atoms with E-state index >= 15 is 0 Å². The minimum atomic E-state index is -0.833. The molecule has 0 fully saturated rings. The lowest BCUT2D eigenvalue weighted by atomic mass is 10.0. The number of aromatic nitrogens is 3. The first-order chi connectivity index (χ1) is 56.9. The van der Waals surface area contributed by atoms with E-state index in [1.54, 1.807) is 107 Å². The third kappa shape index (κ3) is 26.9. The lowest BCUT2D eigenvalue weighted by molar-refractivity contribution is -0.107. The molecule has 0 spiro atoms. The highest BCUT2D eigenvalue weighted by Crippen LogP contribution is 2.37. The van der Waals surface area contributed by atoms with E-state index in [0.717, 1.165) is 79.5 Å². The largest absolute Gasteiger partial charge is 0.507 e. The summed E-state index contributed by atoms with van der Waals surface area (Å²) >= 11 is 0. The first kappa shape index (κ1) is 97.6. The molecule has 632 valence electrons. The molecule has 0 aliphatic rings. The molecule has 3 heterocycles. The number of hydrogen-bond donors (Lipinski definition) is 6. The van der Waals surface area contributed by atoms with Gasteiger partial charge in [0.05, 0.1) is 114 Å². The average Bonchev–Trinajstić information content (AvgIpc) is 1.68. The van der Waals surface area contributed by atoms with E-state index in [0.29, 0.717) is 122 Å². The molecule has 11 aromatic rings. The van der Waals surface area contributed by atoms with Crippen LogP contribution in [0.25, 0.3) is 32.9 Å². The Bertz CT molecular complexity index is 5140. The molecule has 0 radical (unpaired) electrons. The fraction of sp³-hybridized carbons (Fsp3) is 0.272. The number of methoxy groups -OCH3 is 8. The Morgan fingerprint density at radius 2 is 0.731 bits per heavy atom. The van der Waals surface area contributed by atoms with Crippen LogP contribution in [0.15, 0.2) is 186 Å². The standard InChI is InChI=1S/C12H15NO4.C12H13NO2.4C12H14O3.C11H11NO3.C9H10O3/c1-7-9-3-4-11(16-2)10(5-8(15)6-14)12(9)17-13-7;1-4-5-10-11(14-3)7-6-9-8(2)13-15-12(9)10;1-4-7-15-12-8-10(14-3)5-6-11(12)9(2)13;1-4-5-9-6-10(8(2)13)11(14)7-12(9)15-3;2*1-4-5-10-11(15-3)7-6-9(8(2)13)12(10)14;1-7-8-3-4-10(14-2)9(5-6-13)11(8)15-12-7;1-6(10)8-4-3-7(12-2)5-9(8)11/h3-4,8,14-15H,5-6H2,1-2H3;4,6-7H,1,5H2,2-3H3;4-6,8H,1,7H2,2-3H3;3*4,6-7,14H,1,5H2,2-3H3;3-4,6H,5H2,1-2H3;3-5,11H,1-2H3. The van der Waals surface area contributed by atoms with Crippen molar-refractivity contribution < 1.29 is 116 Å². The van der Waals surface area contributed by atoms with Crippen LogP contribution in [0.5, 0.6) is 74.7 Å². The third-order valence-electron chi connectivity index (χ3n) is 17.6.